The number of benzene rings is 1. The van der Waals surface area contributed by atoms with E-state index in [2.05, 4.69) is 41.8 Å². The first-order chi connectivity index (χ1) is 9.10. The standard InChI is InChI=1S/C13H12Br2N2OS/c1-2-10-12(15)13(18)17-11(16-10)7-19-9-5-3-8(14)4-6-9/h3-6H,2,7H2,1H3,(H,16,17,18). The first kappa shape index (κ1) is 14.8. The van der Waals surface area contributed by atoms with Crippen LogP contribution in [0.25, 0.3) is 0 Å². The fourth-order valence-electron chi connectivity index (χ4n) is 1.54. The van der Waals surface area contributed by atoms with Gasteiger partial charge in [-0.05, 0) is 46.6 Å². The first-order valence-corrected chi connectivity index (χ1v) is 8.33. The van der Waals surface area contributed by atoms with E-state index in [-0.39, 0.29) is 5.56 Å². The Hall–Kier alpha value is -0.590. The molecule has 0 aliphatic carbocycles. The topological polar surface area (TPSA) is 45.8 Å². The van der Waals surface area contributed by atoms with Crippen molar-refractivity contribution < 1.29 is 0 Å². The summed E-state index contributed by atoms with van der Waals surface area (Å²) in [6.07, 6.45) is 0.737. The summed E-state index contributed by atoms with van der Waals surface area (Å²) in [5.41, 5.74) is 0.688. The number of thioether (sulfide) groups is 1. The predicted molar refractivity (Wildman–Crippen MR) is 85.6 cm³/mol. The molecule has 0 bridgehead atoms. The molecule has 0 aliphatic heterocycles. The molecule has 1 aromatic heterocycles. The molecule has 0 atom stereocenters. The summed E-state index contributed by atoms with van der Waals surface area (Å²) < 4.78 is 1.59. The molecule has 6 heteroatoms. The third-order valence-corrected chi connectivity index (χ3v) is 4.87. The molecular formula is C13H12Br2N2OS. The Kier molecular flexibility index (Phi) is 5.24. The molecule has 0 aliphatic rings. The predicted octanol–water partition coefficient (Wildman–Crippen LogP) is 4.15. The SMILES string of the molecule is CCc1nc(CSc2ccc(Br)cc2)[nH]c(=O)c1Br. The fourth-order valence-corrected chi connectivity index (χ4v) is 3.04. The molecule has 100 valence electrons. The Labute approximate surface area is 132 Å². The summed E-state index contributed by atoms with van der Waals surface area (Å²) in [5, 5.41) is 0. The van der Waals surface area contributed by atoms with Crippen molar-refractivity contribution in [1.82, 2.24) is 9.97 Å². The van der Waals surface area contributed by atoms with Gasteiger partial charge in [-0.3, -0.25) is 4.79 Å². The summed E-state index contributed by atoms with van der Waals surface area (Å²) in [6, 6.07) is 8.06. The minimum absolute atomic E-state index is 0.113. The molecule has 1 heterocycles. The van der Waals surface area contributed by atoms with Crippen molar-refractivity contribution in [3.63, 3.8) is 0 Å². The van der Waals surface area contributed by atoms with Gasteiger partial charge in [-0.15, -0.1) is 11.8 Å². The van der Waals surface area contributed by atoms with Crippen LogP contribution in [-0.4, -0.2) is 9.97 Å². The van der Waals surface area contributed by atoms with Crippen molar-refractivity contribution in [1.29, 1.82) is 0 Å². The molecule has 3 nitrogen and oxygen atoms in total. The van der Waals surface area contributed by atoms with Gasteiger partial charge in [-0.1, -0.05) is 22.9 Å². The highest BCUT2D eigenvalue weighted by Gasteiger charge is 2.07. The number of hydrogen-bond acceptors (Lipinski definition) is 3. The number of aromatic amines is 1. The van der Waals surface area contributed by atoms with Gasteiger partial charge in [0.1, 0.15) is 10.3 Å². The fraction of sp³-hybridized carbons (Fsp3) is 0.231. The van der Waals surface area contributed by atoms with E-state index in [1.807, 2.05) is 31.2 Å². The van der Waals surface area contributed by atoms with Gasteiger partial charge >= 0.3 is 0 Å². The number of halogens is 2. The lowest BCUT2D eigenvalue weighted by Gasteiger charge is -2.05. The van der Waals surface area contributed by atoms with Crippen LogP contribution >= 0.6 is 43.6 Å². The second-order valence-corrected chi connectivity index (χ2v) is 6.63. The Bertz CT molecular complexity index is 626. The minimum atomic E-state index is -0.113. The number of nitrogens with zero attached hydrogens (tertiary/aromatic N) is 1. The van der Waals surface area contributed by atoms with Crippen LogP contribution in [0.3, 0.4) is 0 Å². The van der Waals surface area contributed by atoms with Gasteiger partial charge in [0.15, 0.2) is 0 Å². The number of hydrogen-bond donors (Lipinski definition) is 1. The molecule has 0 spiro atoms. The smallest absolute Gasteiger partial charge is 0.265 e. The average Bonchev–Trinajstić information content (AvgIpc) is 2.41. The summed E-state index contributed by atoms with van der Waals surface area (Å²) >= 11 is 8.31. The van der Waals surface area contributed by atoms with Crippen molar-refractivity contribution in [2.24, 2.45) is 0 Å². The van der Waals surface area contributed by atoms with Gasteiger partial charge in [-0.2, -0.15) is 0 Å². The lowest BCUT2D eigenvalue weighted by Crippen LogP contribution is -2.14. The molecule has 2 aromatic rings. The van der Waals surface area contributed by atoms with Crippen LogP contribution in [0.5, 0.6) is 0 Å². The Morgan fingerprint density at radius 1 is 1.26 bits per heavy atom. The van der Waals surface area contributed by atoms with Crippen LogP contribution in [0.15, 0.2) is 42.9 Å². The van der Waals surface area contributed by atoms with Crippen LogP contribution in [0.2, 0.25) is 0 Å². The highest BCUT2D eigenvalue weighted by Crippen LogP contribution is 2.23. The molecule has 0 radical (unpaired) electrons. The molecule has 2 rings (SSSR count). The van der Waals surface area contributed by atoms with E-state index < -0.39 is 0 Å². The number of H-pyrrole nitrogens is 1. The minimum Gasteiger partial charge on any atom is -0.309 e. The molecule has 1 N–H and O–H groups in total. The summed E-state index contributed by atoms with van der Waals surface area (Å²) in [7, 11) is 0. The van der Waals surface area contributed by atoms with Crippen molar-refractivity contribution in [2.75, 3.05) is 0 Å². The van der Waals surface area contributed by atoms with Crippen molar-refractivity contribution >= 4 is 43.6 Å². The van der Waals surface area contributed by atoms with Crippen LogP contribution in [0, 0.1) is 0 Å². The summed E-state index contributed by atoms with van der Waals surface area (Å²) in [5.74, 6) is 1.36. The molecule has 0 fully saturated rings. The van der Waals surface area contributed by atoms with E-state index in [1.165, 1.54) is 0 Å². The van der Waals surface area contributed by atoms with E-state index >= 15 is 0 Å². The van der Waals surface area contributed by atoms with E-state index in [0.717, 1.165) is 21.5 Å². The monoisotopic (exact) mass is 402 g/mol. The maximum Gasteiger partial charge on any atom is 0.265 e. The van der Waals surface area contributed by atoms with Gasteiger partial charge in [0.25, 0.3) is 5.56 Å². The Morgan fingerprint density at radius 2 is 1.95 bits per heavy atom. The van der Waals surface area contributed by atoms with Crippen LogP contribution in [0.1, 0.15) is 18.4 Å². The highest BCUT2D eigenvalue weighted by atomic mass is 79.9. The van der Waals surface area contributed by atoms with E-state index in [0.29, 0.717) is 16.0 Å². The van der Waals surface area contributed by atoms with Crippen LogP contribution < -0.4 is 5.56 Å². The second-order valence-electron chi connectivity index (χ2n) is 3.87. The third-order valence-electron chi connectivity index (χ3n) is 2.50. The van der Waals surface area contributed by atoms with Gasteiger partial charge in [0.05, 0.1) is 11.4 Å². The molecule has 0 unspecified atom stereocenters. The van der Waals surface area contributed by atoms with Crippen molar-refractivity contribution in [3.05, 3.63) is 55.1 Å². The largest absolute Gasteiger partial charge is 0.309 e. The molecule has 1 aromatic carbocycles. The molecular weight excluding hydrogens is 392 g/mol. The molecule has 0 saturated carbocycles. The maximum atomic E-state index is 11.7. The number of aryl methyl sites for hydroxylation is 1. The first-order valence-electron chi connectivity index (χ1n) is 5.76. The Balaban J connectivity index is 2.13. The normalized spacial score (nSPS) is 10.7. The van der Waals surface area contributed by atoms with Crippen LogP contribution in [0.4, 0.5) is 0 Å². The quantitative estimate of drug-likeness (QED) is 0.780. The van der Waals surface area contributed by atoms with E-state index in [1.54, 1.807) is 11.8 Å². The molecule has 0 amide bonds. The molecule has 19 heavy (non-hydrogen) atoms. The third kappa shape index (κ3) is 3.94. The zero-order chi connectivity index (χ0) is 13.8. The lowest BCUT2D eigenvalue weighted by molar-refractivity contribution is 0.906. The van der Waals surface area contributed by atoms with Crippen molar-refractivity contribution in [3.8, 4) is 0 Å². The van der Waals surface area contributed by atoms with Gasteiger partial charge in [0, 0.05) is 9.37 Å². The lowest BCUT2D eigenvalue weighted by atomic mass is 10.3. The number of rotatable bonds is 4. The zero-order valence-corrected chi connectivity index (χ0v) is 14.2. The Morgan fingerprint density at radius 3 is 2.58 bits per heavy atom. The van der Waals surface area contributed by atoms with E-state index in [9.17, 15) is 4.79 Å². The van der Waals surface area contributed by atoms with Gasteiger partial charge in [0.2, 0.25) is 0 Å². The zero-order valence-electron chi connectivity index (χ0n) is 10.2. The van der Waals surface area contributed by atoms with E-state index in [4.69, 9.17) is 0 Å². The van der Waals surface area contributed by atoms with Crippen LogP contribution in [-0.2, 0) is 12.2 Å². The molecule has 0 saturated heterocycles. The highest BCUT2D eigenvalue weighted by molar-refractivity contribution is 9.10. The van der Waals surface area contributed by atoms with Crippen molar-refractivity contribution in [2.45, 2.75) is 24.0 Å². The summed E-state index contributed by atoms with van der Waals surface area (Å²) in [4.78, 5) is 20.1. The summed E-state index contributed by atoms with van der Waals surface area (Å²) in [6.45, 7) is 1.98. The van der Waals surface area contributed by atoms with Gasteiger partial charge < -0.3 is 4.98 Å². The van der Waals surface area contributed by atoms with Gasteiger partial charge in [-0.25, -0.2) is 4.98 Å². The number of nitrogens with one attached hydrogen (secondary N) is 1. The number of aromatic nitrogens is 2. The average molecular weight is 404 g/mol. The second kappa shape index (κ2) is 6.72. The maximum absolute atomic E-state index is 11.7.